The summed E-state index contributed by atoms with van der Waals surface area (Å²) >= 11 is 3.37. The van der Waals surface area contributed by atoms with Gasteiger partial charge in [0.15, 0.2) is 0 Å². The zero-order chi connectivity index (χ0) is 10.7. The molecule has 1 N–H and O–H groups in total. The summed E-state index contributed by atoms with van der Waals surface area (Å²) < 4.78 is 0. The van der Waals surface area contributed by atoms with Crippen LogP contribution in [0.3, 0.4) is 0 Å². The van der Waals surface area contributed by atoms with Crippen LogP contribution < -0.4 is 5.32 Å². The Morgan fingerprint density at radius 3 is 2.87 bits per heavy atom. The second-order valence-corrected chi connectivity index (χ2v) is 5.03. The molecule has 0 fully saturated rings. The van der Waals surface area contributed by atoms with Gasteiger partial charge in [-0.1, -0.05) is 6.92 Å². The van der Waals surface area contributed by atoms with E-state index in [-0.39, 0.29) is 6.04 Å². The van der Waals surface area contributed by atoms with Crippen LogP contribution in [0.15, 0.2) is 17.1 Å². The fourth-order valence-electron chi connectivity index (χ4n) is 1.39. The summed E-state index contributed by atoms with van der Waals surface area (Å²) in [6.45, 7) is 5.06. The number of nitrogens with one attached hydrogen (secondary N) is 1. The highest BCUT2D eigenvalue weighted by molar-refractivity contribution is 7.11. The van der Waals surface area contributed by atoms with Crippen molar-refractivity contribution in [3.8, 4) is 0 Å². The van der Waals surface area contributed by atoms with E-state index < -0.39 is 0 Å². The van der Waals surface area contributed by atoms with Crippen molar-refractivity contribution in [2.24, 2.45) is 0 Å². The second-order valence-electron chi connectivity index (χ2n) is 3.22. The van der Waals surface area contributed by atoms with Crippen molar-refractivity contribution in [1.29, 1.82) is 0 Å². The fraction of sp³-hybridized carbons (Fsp3) is 0.400. The van der Waals surface area contributed by atoms with Crippen LogP contribution in [0.25, 0.3) is 0 Å². The minimum Gasteiger partial charge on any atom is -0.304 e. The van der Waals surface area contributed by atoms with Gasteiger partial charge in [0.25, 0.3) is 0 Å². The molecule has 0 saturated carbocycles. The highest BCUT2D eigenvalue weighted by Gasteiger charge is 2.17. The van der Waals surface area contributed by atoms with Crippen LogP contribution in [0.5, 0.6) is 0 Å². The van der Waals surface area contributed by atoms with E-state index in [1.165, 1.54) is 4.88 Å². The van der Waals surface area contributed by atoms with E-state index in [1.54, 1.807) is 22.7 Å². The van der Waals surface area contributed by atoms with E-state index in [2.05, 4.69) is 27.6 Å². The summed E-state index contributed by atoms with van der Waals surface area (Å²) in [7, 11) is 0. The number of thiazole rings is 2. The first-order chi connectivity index (χ1) is 7.31. The van der Waals surface area contributed by atoms with Crippen LogP contribution in [0.2, 0.25) is 0 Å². The number of hydrogen-bond donors (Lipinski definition) is 1. The van der Waals surface area contributed by atoms with Gasteiger partial charge >= 0.3 is 0 Å². The molecule has 0 radical (unpaired) electrons. The number of rotatable bonds is 4. The minimum absolute atomic E-state index is 0.209. The standard InChI is InChI=1S/C10H13N3S2/c1-3-12-9(8-4-11-6-15-8)10-13-7(2)5-14-10/h4-6,9,12H,3H2,1-2H3. The molecule has 2 aromatic heterocycles. The van der Waals surface area contributed by atoms with Gasteiger partial charge in [-0.2, -0.15) is 0 Å². The van der Waals surface area contributed by atoms with E-state index in [1.807, 2.05) is 18.6 Å². The molecule has 0 aromatic carbocycles. The van der Waals surface area contributed by atoms with E-state index in [4.69, 9.17) is 0 Å². The quantitative estimate of drug-likeness (QED) is 0.891. The first kappa shape index (κ1) is 10.7. The van der Waals surface area contributed by atoms with Crippen molar-refractivity contribution < 1.29 is 0 Å². The van der Waals surface area contributed by atoms with Crippen molar-refractivity contribution in [3.63, 3.8) is 0 Å². The van der Waals surface area contributed by atoms with Gasteiger partial charge in [-0.3, -0.25) is 4.98 Å². The van der Waals surface area contributed by atoms with Gasteiger partial charge in [-0.05, 0) is 13.5 Å². The highest BCUT2D eigenvalue weighted by atomic mass is 32.1. The molecule has 0 aliphatic heterocycles. The molecule has 2 aromatic rings. The molecule has 0 amide bonds. The lowest BCUT2D eigenvalue weighted by molar-refractivity contribution is 0.634. The molecule has 1 atom stereocenters. The first-order valence-corrected chi connectivity index (χ1v) is 6.61. The van der Waals surface area contributed by atoms with Crippen LogP contribution in [-0.2, 0) is 0 Å². The highest BCUT2D eigenvalue weighted by Crippen LogP contribution is 2.27. The van der Waals surface area contributed by atoms with Crippen LogP contribution in [0.1, 0.15) is 28.5 Å². The lowest BCUT2D eigenvalue weighted by Gasteiger charge is -2.12. The molecule has 15 heavy (non-hydrogen) atoms. The Morgan fingerprint density at radius 1 is 1.47 bits per heavy atom. The smallest absolute Gasteiger partial charge is 0.115 e. The summed E-state index contributed by atoms with van der Waals surface area (Å²) in [5, 5.41) is 6.64. The zero-order valence-corrected chi connectivity index (χ0v) is 10.4. The monoisotopic (exact) mass is 239 g/mol. The predicted molar refractivity (Wildman–Crippen MR) is 64.5 cm³/mol. The minimum atomic E-state index is 0.209. The summed E-state index contributed by atoms with van der Waals surface area (Å²) in [6, 6.07) is 0.209. The van der Waals surface area contributed by atoms with Crippen molar-refractivity contribution >= 4 is 22.7 Å². The summed E-state index contributed by atoms with van der Waals surface area (Å²) in [5.74, 6) is 0. The average molecular weight is 239 g/mol. The lowest BCUT2D eigenvalue weighted by atomic mass is 10.2. The van der Waals surface area contributed by atoms with Crippen molar-refractivity contribution in [2.75, 3.05) is 6.54 Å². The molecule has 3 nitrogen and oxygen atoms in total. The van der Waals surface area contributed by atoms with Crippen LogP contribution >= 0.6 is 22.7 Å². The maximum atomic E-state index is 4.52. The van der Waals surface area contributed by atoms with Crippen LogP contribution in [0, 0.1) is 6.92 Å². The van der Waals surface area contributed by atoms with Gasteiger partial charge in [-0.25, -0.2) is 4.98 Å². The van der Waals surface area contributed by atoms with E-state index in [0.717, 1.165) is 17.2 Å². The van der Waals surface area contributed by atoms with Crippen molar-refractivity contribution in [2.45, 2.75) is 19.9 Å². The Hall–Kier alpha value is -0.780. The normalized spacial score (nSPS) is 12.9. The molecule has 0 aliphatic rings. The Balaban J connectivity index is 2.27. The first-order valence-electron chi connectivity index (χ1n) is 4.85. The van der Waals surface area contributed by atoms with Gasteiger partial charge in [0.2, 0.25) is 0 Å². The molecule has 80 valence electrons. The molecular weight excluding hydrogens is 226 g/mol. The van der Waals surface area contributed by atoms with Gasteiger partial charge in [-0.15, -0.1) is 22.7 Å². The van der Waals surface area contributed by atoms with E-state index >= 15 is 0 Å². The maximum Gasteiger partial charge on any atom is 0.115 e. The molecule has 1 unspecified atom stereocenters. The Morgan fingerprint density at radius 2 is 2.33 bits per heavy atom. The molecule has 2 rings (SSSR count). The number of aromatic nitrogens is 2. The molecule has 5 heteroatoms. The van der Waals surface area contributed by atoms with Gasteiger partial charge in [0.05, 0.1) is 11.6 Å². The molecular formula is C10H13N3S2. The van der Waals surface area contributed by atoms with Crippen molar-refractivity contribution in [1.82, 2.24) is 15.3 Å². The number of aryl methyl sites for hydroxylation is 1. The third-order valence-corrected chi connectivity index (χ3v) is 3.90. The maximum absolute atomic E-state index is 4.52. The zero-order valence-electron chi connectivity index (χ0n) is 8.73. The second kappa shape index (κ2) is 4.83. The Bertz CT molecular complexity index is 408. The van der Waals surface area contributed by atoms with Gasteiger partial charge in [0, 0.05) is 22.1 Å². The fourth-order valence-corrected chi connectivity index (χ4v) is 3.04. The molecule has 0 spiro atoms. The van der Waals surface area contributed by atoms with Crippen LogP contribution in [0.4, 0.5) is 0 Å². The SMILES string of the molecule is CCNC(c1cncs1)c1nc(C)cs1. The summed E-state index contributed by atoms with van der Waals surface area (Å²) in [6.07, 6.45) is 1.91. The Labute approximate surface area is 97.2 Å². The number of hydrogen-bond acceptors (Lipinski definition) is 5. The van der Waals surface area contributed by atoms with Crippen LogP contribution in [-0.4, -0.2) is 16.5 Å². The topological polar surface area (TPSA) is 37.8 Å². The molecule has 0 saturated heterocycles. The summed E-state index contributed by atoms with van der Waals surface area (Å²) in [4.78, 5) is 9.86. The van der Waals surface area contributed by atoms with Gasteiger partial charge < -0.3 is 5.32 Å². The third-order valence-electron chi connectivity index (χ3n) is 2.03. The lowest BCUT2D eigenvalue weighted by Crippen LogP contribution is -2.20. The summed E-state index contributed by atoms with van der Waals surface area (Å²) in [5.41, 5.74) is 2.95. The average Bonchev–Trinajstić information content (AvgIpc) is 2.85. The van der Waals surface area contributed by atoms with E-state index in [0.29, 0.717) is 0 Å². The Kier molecular flexibility index (Phi) is 3.45. The third kappa shape index (κ3) is 2.42. The molecule has 2 heterocycles. The van der Waals surface area contributed by atoms with Gasteiger partial charge in [0.1, 0.15) is 5.01 Å². The van der Waals surface area contributed by atoms with Crippen molar-refractivity contribution in [3.05, 3.63) is 32.7 Å². The molecule has 0 bridgehead atoms. The predicted octanol–water partition coefficient (Wildman–Crippen LogP) is 2.61. The number of nitrogens with zero attached hydrogens (tertiary/aromatic N) is 2. The van der Waals surface area contributed by atoms with E-state index in [9.17, 15) is 0 Å². The molecule has 0 aliphatic carbocycles. The largest absolute Gasteiger partial charge is 0.304 e.